The van der Waals surface area contributed by atoms with Crippen LogP contribution in [0.3, 0.4) is 0 Å². The lowest BCUT2D eigenvalue weighted by molar-refractivity contribution is -0.141. The quantitative estimate of drug-likeness (QED) is 0.0818. The highest BCUT2D eigenvalue weighted by Crippen LogP contribution is 2.21. The van der Waals surface area contributed by atoms with E-state index in [1.54, 1.807) is 32.8 Å². The average molecular weight is 791 g/mol. The Morgan fingerprint density at radius 3 is 1.68 bits per heavy atom. The number of carbonyl (C=O) groups excluding carboxylic acids is 6. The van der Waals surface area contributed by atoms with Crippen molar-refractivity contribution < 1.29 is 28.8 Å². The molecule has 2 aromatic carbocycles. The second-order valence-corrected chi connectivity index (χ2v) is 15.1. The Morgan fingerprint density at radius 1 is 0.684 bits per heavy atom. The van der Waals surface area contributed by atoms with E-state index in [2.05, 4.69) is 36.8 Å². The minimum Gasteiger partial charge on any atom is -0.351 e. The number of hydrogen-bond acceptors (Lipinski definition) is 9. The molecule has 2 saturated heterocycles. The standard InChI is InChI=1S/C30H48N6O5.C13H18N2O/c1-21(31-3)27(38)34-24(20-37)15-10-5-6-11-16-25(35-28(39)22(2)32-4)30(41)36-18-12-17-26(36)29(40)33-19-23-13-8-7-9-14-23;1-15-9-5-8-12(15)13(16)14-10-11-6-3-2-4-7-11/h7-9,13-14,20-22,24-26,31-32H,5-6,10-12,15-19H2,1-4H3,(H,33,40)(H,34,38)(H,35,39);2-4,6-7,12H,5,8-10H2,1H3,(H,14,16). The Kier molecular flexibility index (Phi) is 21.0. The molecule has 0 aliphatic carbocycles. The van der Waals surface area contributed by atoms with Gasteiger partial charge >= 0.3 is 0 Å². The molecular formula is C43H66N8O6. The number of amides is 5. The fourth-order valence-electron chi connectivity index (χ4n) is 6.91. The third-order valence-electron chi connectivity index (χ3n) is 10.8. The highest BCUT2D eigenvalue weighted by molar-refractivity contribution is 5.93. The number of unbranched alkanes of at least 4 members (excludes halogenated alkanes) is 3. The Bertz CT molecular complexity index is 1550. The third-order valence-corrected chi connectivity index (χ3v) is 10.8. The van der Waals surface area contributed by atoms with Crippen molar-refractivity contribution in [3.63, 3.8) is 0 Å². The van der Waals surface area contributed by atoms with Crippen molar-refractivity contribution in [2.45, 2.75) is 127 Å². The first-order chi connectivity index (χ1) is 27.5. The van der Waals surface area contributed by atoms with E-state index in [1.165, 1.54) is 0 Å². The summed E-state index contributed by atoms with van der Waals surface area (Å²) in [7, 11) is 5.38. The molecule has 14 nitrogen and oxygen atoms in total. The molecule has 0 spiro atoms. The number of rotatable bonds is 21. The topological polar surface area (TPSA) is 181 Å². The van der Waals surface area contributed by atoms with Crippen LogP contribution in [0.2, 0.25) is 0 Å². The summed E-state index contributed by atoms with van der Waals surface area (Å²) in [5.74, 6) is -0.749. The first-order valence-corrected chi connectivity index (χ1v) is 20.5. The number of nitrogens with one attached hydrogen (secondary N) is 6. The highest BCUT2D eigenvalue weighted by atomic mass is 16.2. The third kappa shape index (κ3) is 16.0. The van der Waals surface area contributed by atoms with Gasteiger partial charge in [0.15, 0.2) is 0 Å². The lowest BCUT2D eigenvalue weighted by Crippen LogP contribution is -2.55. The van der Waals surface area contributed by atoms with Crippen LogP contribution in [0.5, 0.6) is 0 Å². The molecule has 0 radical (unpaired) electrons. The van der Waals surface area contributed by atoms with Gasteiger partial charge in [0.1, 0.15) is 18.4 Å². The zero-order valence-corrected chi connectivity index (χ0v) is 34.6. The maximum absolute atomic E-state index is 13.6. The van der Waals surface area contributed by atoms with Crippen molar-refractivity contribution in [3.8, 4) is 0 Å². The van der Waals surface area contributed by atoms with Crippen molar-refractivity contribution in [1.82, 2.24) is 41.7 Å². The van der Waals surface area contributed by atoms with E-state index in [4.69, 9.17) is 0 Å². The lowest BCUT2D eigenvalue weighted by Gasteiger charge is -2.29. The molecule has 14 heteroatoms. The van der Waals surface area contributed by atoms with Crippen LogP contribution in [0.1, 0.15) is 89.2 Å². The van der Waals surface area contributed by atoms with Gasteiger partial charge in [0.2, 0.25) is 29.5 Å². The number of likely N-dealkylation sites (tertiary alicyclic amines) is 2. The predicted molar refractivity (Wildman–Crippen MR) is 222 cm³/mol. The highest BCUT2D eigenvalue weighted by Gasteiger charge is 2.37. The van der Waals surface area contributed by atoms with Gasteiger partial charge in [0.25, 0.3) is 0 Å². The van der Waals surface area contributed by atoms with Crippen LogP contribution in [0.4, 0.5) is 0 Å². The van der Waals surface area contributed by atoms with Gasteiger partial charge in [-0.2, -0.15) is 0 Å². The predicted octanol–water partition coefficient (Wildman–Crippen LogP) is 2.42. The van der Waals surface area contributed by atoms with E-state index < -0.39 is 24.2 Å². The van der Waals surface area contributed by atoms with Gasteiger partial charge < -0.3 is 41.6 Å². The minimum absolute atomic E-state index is 0.0729. The van der Waals surface area contributed by atoms with E-state index in [1.807, 2.05) is 67.7 Å². The van der Waals surface area contributed by atoms with Crippen LogP contribution >= 0.6 is 0 Å². The van der Waals surface area contributed by atoms with Crippen molar-refractivity contribution in [1.29, 1.82) is 0 Å². The van der Waals surface area contributed by atoms with E-state index in [0.717, 1.165) is 62.5 Å². The second kappa shape index (κ2) is 25.6. The number of carbonyl (C=O) groups is 6. The minimum atomic E-state index is -0.731. The molecule has 57 heavy (non-hydrogen) atoms. The van der Waals surface area contributed by atoms with Crippen LogP contribution in [0.15, 0.2) is 60.7 Å². The van der Waals surface area contributed by atoms with Gasteiger partial charge in [-0.1, -0.05) is 86.3 Å². The first kappa shape index (κ1) is 46.7. The summed E-state index contributed by atoms with van der Waals surface area (Å²) in [5.41, 5.74) is 2.13. The van der Waals surface area contributed by atoms with E-state index >= 15 is 0 Å². The molecule has 6 atom stereocenters. The van der Waals surface area contributed by atoms with Crippen molar-refractivity contribution >= 4 is 35.8 Å². The molecule has 6 N–H and O–H groups in total. The Hall–Kier alpha value is -4.66. The van der Waals surface area contributed by atoms with E-state index in [-0.39, 0.29) is 41.6 Å². The van der Waals surface area contributed by atoms with Gasteiger partial charge in [0, 0.05) is 19.6 Å². The van der Waals surface area contributed by atoms with Crippen LogP contribution in [0, 0.1) is 0 Å². The SMILES string of the molecule is CN1CCCC1C(=O)NCc1ccccc1.CNC(C)C(=O)NC(C=O)CCCCCCC(NC(=O)C(C)NC)C(=O)N1CCCC1C(=O)NCc1ccccc1. The molecule has 0 bridgehead atoms. The number of benzene rings is 2. The van der Waals surface area contributed by atoms with Crippen LogP contribution in [0.25, 0.3) is 0 Å². The maximum Gasteiger partial charge on any atom is 0.245 e. The van der Waals surface area contributed by atoms with E-state index in [9.17, 15) is 28.8 Å². The molecule has 2 aromatic rings. The molecule has 0 aromatic heterocycles. The Labute approximate surface area is 339 Å². The summed E-state index contributed by atoms with van der Waals surface area (Å²) in [6.45, 7) is 5.98. The Balaban J connectivity index is 0.000000448. The van der Waals surface area contributed by atoms with Gasteiger partial charge in [-0.05, 0) is 91.2 Å². The maximum atomic E-state index is 13.6. The molecule has 2 aliphatic rings. The summed E-state index contributed by atoms with van der Waals surface area (Å²) in [6.07, 6.45) is 8.22. The molecule has 0 saturated carbocycles. The summed E-state index contributed by atoms with van der Waals surface area (Å²) in [4.78, 5) is 78.3. The molecule has 5 amide bonds. The van der Waals surface area contributed by atoms with E-state index in [0.29, 0.717) is 45.3 Å². The van der Waals surface area contributed by atoms with Crippen LogP contribution in [-0.2, 0) is 41.9 Å². The number of likely N-dealkylation sites (N-methyl/N-ethyl adjacent to an activating group) is 3. The average Bonchev–Trinajstić information content (AvgIpc) is 3.91. The van der Waals surface area contributed by atoms with Crippen LogP contribution in [-0.4, -0.2) is 116 Å². The largest absolute Gasteiger partial charge is 0.351 e. The molecule has 4 rings (SSSR count). The fourth-order valence-corrected chi connectivity index (χ4v) is 6.91. The van der Waals surface area contributed by atoms with Gasteiger partial charge in [-0.15, -0.1) is 0 Å². The summed E-state index contributed by atoms with van der Waals surface area (Å²) in [6, 6.07) is 17.0. The monoisotopic (exact) mass is 791 g/mol. The van der Waals surface area contributed by atoms with Crippen molar-refractivity contribution in [3.05, 3.63) is 71.8 Å². The molecule has 6 unspecified atom stereocenters. The molecule has 2 fully saturated rings. The van der Waals surface area contributed by atoms with Crippen LogP contribution < -0.4 is 31.9 Å². The summed E-state index contributed by atoms with van der Waals surface area (Å²) >= 11 is 0. The lowest BCUT2D eigenvalue weighted by atomic mass is 10.0. The normalized spacial score (nSPS) is 18.6. The molecule has 314 valence electrons. The number of nitrogens with zero attached hydrogens (tertiary/aromatic N) is 2. The summed E-state index contributed by atoms with van der Waals surface area (Å²) < 4.78 is 0. The van der Waals surface area contributed by atoms with Crippen molar-refractivity contribution in [2.75, 3.05) is 34.2 Å². The van der Waals surface area contributed by atoms with Gasteiger partial charge in [-0.3, -0.25) is 28.9 Å². The first-order valence-electron chi connectivity index (χ1n) is 20.5. The summed E-state index contributed by atoms with van der Waals surface area (Å²) in [5, 5.41) is 17.3. The molecule has 2 aliphatic heterocycles. The van der Waals surface area contributed by atoms with Gasteiger partial charge in [0.05, 0.1) is 24.2 Å². The van der Waals surface area contributed by atoms with Crippen molar-refractivity contribution in [2.24, 2.45) is 0 Å². The zero-order valence-electron chi connectivity index (χ0n) is 34.6. The Morgan fingerprint density at radius 2 is 1.18 bits per heavy atom. The van der Waals surface area contributed by atoms with Gasteiger partial charge in [-0.25, -0.2) is 0 Å². The second-order valence-electron chi connectivity index (χ2n) is 15.1. The molecule has 2 heterocycles. The smallest absolute Gasteiger partial charge is 0.245 e. The molecular weight excluding hydrogens is 725 g/mol. The number of aldehydes is 1. The zero-order chi connectivity index (χ0) is 41.6. The number of hydrogen-bond donors (Lipinski definition) is 6. The fraction of sp³-hybridized carbons (Fsp3) is 0.581.